The molecule has 60 valence electrons. The van der Waals surface area contributed by atoms with E-state index in [1.807, 2.05) is 6.92 Å². The number of nitrogens with zero attached hydrogens (tertiary/aromatic N) is 1. The minimum absolute atomic E-state index is 0. The van der Waals surface area contributed by atoms with Crippen LogP contribution in [0.4, 0.5) is 0 Å². The molecule has 10 heavy (non-hydrogen) atoms. The fourth-order valence-corrected chi connectivity index (χ4v) is 0.541. The summed E-state index contributed by atoms with van der Waals surface area (Å²) in [7, 11) is 0. The molecular formula is C7H15ClN2. The number of halogens is 1. The van der Waals surface area contributed by atoms with E-state index in [0.717, 1.165) is 13.0 Å². The molecule has 2 nitrogen and oxygen atoms in total. The standard InChI is InChI=1S/C7H14N2.ClH/c1-3-4-5-9-7(2)6-8;/h7,9H,3-5H2,1-2H3;1H. The highest BCUT2D eigenvalue weighted by Crippen LogP contribution is 1.84. The number of nitriles is 1. The molecule has 0 aliphatic heterocycles. The average Bonchev–Trinajstić information content (AvgIpc) is 1.89. The highest BCUT2D eigenvalue weighted by Gasteiger charge is 1.93. The van der Waals surface area contributed by atoms with Crippen molar-refractivity contribution in [3.8, 4) is 6.07 Å². The van der Waals surface area contributed by atoms with Crippen LogP contribution in [0.1, 0.15) is 26.7 Å². The Bertz CT molecular complexity index is 98.3. The zero-order chi connectivity index (χ0) is 7.11. The largest absolute Gasteiger partial charge is 0.302 e. The van der Waals surface area contributed by atoms with E-state index in [9.17, 15) is 0 Å². The molecule has 3 heteroatoms. The molecule has 0 saturated carbocycles. The van der Waals surface area contributed by atoms with Crippen molar-refractivity contribution < 1.29 is 0 Å². The van der Waals surface area contributed by atoms with Crippen molar-refractivity contribution in [2.24, 2.45) is 0 Å². The summed E-state index contributed by atoms with van der Waals surface area (Å²) < 4.78 is 0. The number of rotatable bonds is 4. The summed E-state index contributed by atoms with van der Waals surface area (Å²) >= 11 is 0. The monoisotopic (exact) mass is 162 g/mol. The molecule has 0 heterocycles. The van der Waals surface area contributed by atoms with Gasteiger partial charge in [0.05, 0.1) is 12.1 Å². The molecule has 0 aromatic rings. The third-order valence-electron chi connectivity index (χ3n) is 1.17. The van der Waals surface area contributed by atoms with Crippen LogP contribution in [0.25, 0.3) is 0 Å². The fraction of sp³-hybridized carbons (Fsp3) is 0.857. The fourth-order valence-electron chi connectivity index (χ4n) is 0.541. The predicted molar refractivity (Wildman–Crippen MR) is 45.2 cm³/mol. The highest BCUT2D eigenvalue weighted by molar-refractivity contribution is 5.85. The molecule has 0 aromatic carbocycles. The molecule has 0 saturated heterocycles. The lowest BCUT2D eigenvalue weighted by molar-refractivity contribution is 0.607. The van der Waals surface area contributed by atoms with E-state index in [1.54, 1.807) is 0 Å². The van der Waals surface area contributed by atoms with Gasteiger partial charge in [-0.1, -0.05) is 13.3 Å². The molecule has 0 aromatic heterocycles. The van der Waals surface area contributed by atoms with Gasteiger partial charge in [-0.05, 0) is 19.9 Å². The summed E-state index contributed by atoms with van der Waals surface area (Å²) in [6, 6.07) is 2.12. The molecule has 0 amide bonds. The van der Waals surface area contributed by atoms with E-state index in [4.69, 9.17) is 5.26 Å². The van der Waals surface area contributed by atoms with Gasteiger partial charge >= 0.3 is 0 Å². The average molecular weight is 163 g/mol. The lowest BCUT2D eigenvalue weighted by atomic mass is 10.3. The van der Waals surface area contributed by atoms with Crippen molar-refractivity contribution in [3.05, 3.63) is 0 Å². The normalized spacial score (nSPS) is 11.3. The SMILES string of the molecule is CCCCNC(C)C#N.Cl. The minimum atomic E-state index is 0. The molecular weight excluding hydrogens is 148 g/mol. The van der Waals surface area contributed by atoms with E-state index in [0.29, 0.717) is 0 Å². The van der Waals surface area contributed by atoms with Crippen molar-refractivity contribution in [1.29, 1.82) is 5.26 Å². The minimum Gasteiger partial charge on any atom is -0.302 e. The van der Waals surface area contributed by atoms with Gasteiger partial charge < -0.3 is 5.32 Å². The van der Waals surface area contributed by atoms with Crippen LogP contribution in [-0.4, -0.2) is 12.6 Å². The molecule has 0 fully saturated rings. The Hall–Kier alpha value is -0.260. The lowest BCUT2D eigenvalue weighted by Gasteiger charge is -2.02. The summed E-state index contributed by atoms with van der Waals surface area (Å²) in [6.07, 6.45) is 2.34. The van der Waals surface area contributed by atoms with Gasteiger partial charge in [-0.3, -0.25) is 0 Å². The van der Waals surface area contributed by atoms with E-state index in [2.05, 4.69) is 18.3 Å². The third kappa shape index (κ3) is 7.74. The molecule has 1 atom stereocenters. The third-order valence-corrected chi connectivity index (χ3v) is 1.17. The maximum atomic E-state index is 8.32. The number of hydrogen-bond donors (Lipinski definition) is 1. The molecule has 0 radical (unpaired) electrons. The first kappa shape index (κ1) is 12.4. The van der Waals surface area contributed by atoms with Gasteiger partial charge in [0.15, 0.2) is 0 Å². The first-order valence-electron chi connectivity index (χ1n) is 3.44. The predicted octanol–water partition coefficient (Wildman–Crippen LogP) is 1.71. The van der Waals surface area contributed by atoms with Crippen LogP contribution in [-0.2, 0) is 0 Å². The second kappa shape index (κ2) is 8.74. The zero-order valence-electron chi connectivity index (χ0n) is 6.55. The topological polar surface area (TPSA) is 35.8 Å². The maximum absolute atomic E-state index is 8.32. The van der Waals surface area contributed by atoms with E-state index >= 15 is 0 Å². The molecule has 0 bridgehead atoms. The van der Waals surface area contributed by atoms with Crippen molar-refractivity contribution in [3.63, 3.8) is 0 Å². The Kier molecular flexibility index (Phi) is 10.9. The molecule has 0 spiro atoms. The van der Waals surface area contributed by atoms with Crippen molar-refractivity contribution >= 4 is 12.4 Å². The summed E-state index contributed by atoms with van der Waals surface area (Å²) in [5.74, 6) is 0. The number of nitrogens with one attached hydrogen (secondary N) is 1. The molecule has 1 N–H and O–H groups in total. The Morgan fingerprint density at radius 3 is 2.60 bits per heavy atom. The second-order valence-corrected chi connectivity index (χ2v) is 2.16. The molecule has 1 unspecified atom stereocenters. The van der Waals surface area contributed by atoms with Gasteiger partial charge in [-0.25, -0.2) is 0 Å². The van der Waals surface area contributed by atoms with Crippen molar-refractivity contribution in [1.82, 2.24) is 5.32 Å². The summed E-state index contributed by atoms with van der Waals surface area (Å²) in [5, 5.41) is 11.4. The Morgan fingerprint density at radius 2 is 2.20 bits per heavy atom. The summed E-state index contributed by atoms with van der Waals surface area (Å²) in [4.78, 5) is 0. The van der Waals surface area contributed by atoms with Crippen molar-refractivity contribution in [2.75, 3.05) is 6.54 Å². The molecule has 0 aliphatic carbocycles. The second-order valence-electron chi connectivity index (χ2n) is 2.16. The van der Waals surface area contributed by atoms with E-state index in [-0.39, 0.29) is 18.4 Å². The Balaban J connectivity index is 0. The Morgan fingerprint density at radius 1 is 1.60 bits per heavy atom. The van der Waals surface area contributed by atoms with Crippen LogP contribution in [0.15, 0.2) is 0 Å². The van der Waals surface area contributed by atoms with Gasteiger partial charge in [0, 0.05) is 0 Å². The van der Waals surface area contributed by atoms with E-state index < -0.39 is 0 Å². The van der Waals surface area contributed by atoms with Crippen LogP contribution < -0.4 is 5.32 Å². The van der Waals surface area contributed by atoms with Crippen LogP contribution in [0.3, 0.4) is 0 Å². The van der Waals surface area contributed by atoms with Crippen LogP contribution in [0.5, 0.6) is 0 Å². The molecule has 0 aliphatic rings. The quantitative estimate of drug-likeness (QED) is 0.639. The van der Waals surface area contributed by atoms with Crippen LogP contribution in [0.2, 0.25) is 0 Å². The van der Waals surface area contributed by atoms with Crippen LogP contribution >= 0.6 is 12.4 Å². The van der Waals surface area contributed by atoms with Crippen LogP contribution in [0, 0.1) is 11.3 Å². The van der Waals surface area contributed by atoms with Gasteiger partial charge in [0.2, 0.25) is 0 Å². The van der Waals surface area contributed by atoms with Gasteiger partial charge in [0.1, 0.15) is 0 Å². The number of hydrogen-bond acceptors (Lipinski definition) is 2. The van der Waals surface area contributed by atoms with Gasteiger partial charge in [-0.2, -0.15) is 5.26 Å². The first-order valence-corrected chi connectivity index (χ1v) is 3.44. The molecule has 0 rings (SSSR count). The lowest BCUT2D eigenvalue weighted by Crippen LogP contribution is -2.24. The highest BCUT2D eigenvalue weighted by atomic mass is 35.5. The number of unbranched alkanes of at least 4 members (excludes halogenated alkanes) is 1. The van der Waals surface area contributed by atoms with Gasteiger partial charge in [-0.15, -0.1) is 12.4 Å². The Labute approximate surface area is 69.0 Å². The van der Waals surface area contributed by atoms with Gasteiger partial charge in [0.25, 0.3) is 0 Å². The summed E-state index contributed by atoms with van der Waals surface area (Å²) in [6.45, 7) is 4.97. The van der Waals surface area contributed by atoms with E-state index in [1.165, 1.54) is 6.42 Å². The zero-order valence-corrected chi connectivity index (χ0v) is 7.37. The first-order chi connectivity index (χ1) is 4.31. The maximum Gasteiger partial charge on any atom is 0.0924 e. The summed E-state index contributed by atoms with van der Waals surface area (Å²) in [5.41, 5.74) is 0. The van der Waals surface area contributed by atoms with Crippen molar-refractivity contribution in [2.45, 2.75) is 32.7 Å². The smallest absolute Gasteiger partial charge is 0.0924 e.